The van der Waals surface area contributed by atoms with Crippen LogP contribution in [0, 0.1) is 0 Å². The van der Waals surface area contributed by atoms with Crippen LogP contribution in [-0.4, -0.2) is 30.7 Å². The first-order valence-electron chi connectivity index (χ1n) is 5.76. The molecule has 2 nitrogen and oxygen atoms in total. The summed E-state index contributed by atoms with van der Waals surface area (Å²) in [5, 5.41) is 3.39. The number of unbranched alkanes of at least 4 members (excludes halogenated alkanes) is 3. The fourth-order valence-corrected chi connectivity index (χ4v) is 1.68. The lowest BCUT2D eigenvalue weighted by atomic mass is 10.2. The zero-order valence-electron chi connectivity index (χ0n) is 9.36. The molecule has 0 aromatic heterocycles. The Morgan fingerprint density at radius 3 is 2.57 bits per heavy atom. The largest absolute Gasteiger partial charge is 0.380 e. The van der Waals surface area contributed by atoms with Gasteiger partial charge in [-0.1, -0.05) is 42.4 Å². The van der Waals surface area contributed by atoms with Crippen LogP contribution in [-0.2, 0) is 4.74 Å². The van der Waals surface area contributed by atoms with E-state index in [1.165, 1.54) is 36.5 Å². The van der Waals surface area contributed by atoms with Crippen molar-refractivity contribution in [3.8, 4) is 0 Å². The summed E-state index contributed by atoms with van der Waals surface area (Å²) < 4.78 is 6.73. The minimum Gasteiger partial charge on any atom is -0.380 e. The molecule has 0 saturated carbocycles. The quantitative estimate of drug-likeness (QED) is 0.360. The van der Waals surface area contributed by atoms with Crippen LogP contribution in [0.15, 0.2) is 0 Å². The van der Waals surface area contributed by atoms with Crippen LogP contribution in [0.1, 0.15) is 39.0 Å². The monoisotopic (exact) mass is 313 g/mol. The molecule has 0 saturated heterocycles. The average molecular weight is 313 g/mol. The highest BCUT2D eigenvalue weighted by molar-refractivity contribution is 14.1. The molecule has 86 valence electrons. The van der Waals surface area contributed by atoms with Gasteiger partial charge in [0.15, 0.2) is 0 Å². The predicted octanol–water partition coefficient (Wildman–Crippen LogP) is 3.00. The normalized spacial score (nSPS) is 10.7. The molecular formula is C11H24INO. The van der Waals surface area contributed by atoms with Crippen LogP contribution in [0.2, 0.25) is 0 Å². The highest BCUT2D eigenvalue weighted by Gasteiger charge is 1.89. The summed E-state index contributed by atoms with van der Waals surface area (Å²) in [6, 6.07) is 0. The maximum absolute atomic E-state index is 5.44. The van der Waals surface area contributed by atoms with Gasteiger partial charge in [0.2, 0.25) is 0 Å². The van der Waals surface area contributed by atoms with Gasteiger partial charge in [-0.2, -0.15) is 0 Å². The van der Waals surface area contributed by atoms with Gasteiger partial charge in [-0.3, -0.25) is 0 Å². The maximum Gasteiger partial charge on any atom is 0.0590 e. The molecule has 1 N–H and O–H groups in total. The average Bonchev–Trinajstić information content (AvgIpc) is 2.21. The molecule has 0 amide bonds. The van der Waals surface area contributed by atoms with E-state index in [-0.39, 0.29) is 0 Å². The lowest BCUT2D eigenvalue weighted by Crippen LogP contribution is -2.21. The summed E-state index contributed by atoms with van der Waals surface area (Å²) in [5.41, 5.74) is 0. The number of hydrogen-bond acceptors (Lipinski definition) is 2. The Hall–Kier alpha value is 0.650. The van der Waals surface area contributed by atoms with Gasteiger partial charge in [-0.05, 0) is 30.2 Å². The van der Waals surface area contributed by atoms with Gasteiger partial charge in [-0.25, -0.2) is 0 Å². The molecule has 0 spiro atoms. The zero-order chi connectivity index (χ0) is 10.5. The summed E-state index contributed by atoms with van der Waals surface area (Å²) in [5.74, 6) is 0. The van der Waals surface area contributed by atoms with E-state index in [1.807, 2.05) is 0 Å². The Morgan fingerprint density at radius 1 is 1.00 bits per heavy atom. The molecule has 0 bridgehead atoms. The molecule has 0 unspecified atom stereocenters. The van der Waals surface area contributed by atoms with Crippen molar-refractivity contribution in [1.82, 2.24) is 5.32 Å². The highest BCUT2D eigenvalue weighted by Crippen LogP contribution is 1.97. The van der Waals surface area contributed by atoms with E-state index >= 15 is 0 Å². The first-order chi connectivity index (χ1) is 6.91. The van der Waals surface area contributed by atoms with Gasteiger partial charge in [0, 0.05) is 13.2 Å². The second-order valence-electron chi connectivity index (χ2n) is 3.47. The molecule has 0 heterocycles. The van der Waals surface area contributed by atoms with E-state index in [0.717, 1.165) is 26.3 Å². The summed E-state index contributed by atoms with van der Waals surface area (Å²) in [4.78, 5) is 0. The smallest absolute Gasteiger partial charge is 0.0590 e. The third-order valence-electron chi connectivity index (χ3n) is 2.05. The van der Waals surface area contributed by atoms with Gasteiger partial charge in [0.25, 0.3) is 0 Å². The van der Waals surface area contributed by atoms with Crippen molar-refractivity contribution < 1.29 is 4.74 Å². The number of nitrogens with one attached hydrogen (secondary N) is 1. The van der Waals surface area contributed by atoms with E-state index < -0.39 is 0 Å². The second-order valence-corrected chi connectivity index (χ2v) is 4.54. The lowest BCUT2D eigenvalue weighted by molar-refractivity contribution is 0.133. The molecule has 0 aliphatic rings. The number of rotatable bonds is 11. The number of halogens is 1. The summed E-state index contributed by atoms with van der Waals surface area (Å²) in [6.07, 6.45) is 6.43. The van der Waals surface area contributed by atoms with E-state index in [2.05, 4.69) is 34.8 Å². The SMILES string of the molecule is CCCCOCCNCCCCCI. The van der Waals surface area contributed by atoms with Crippen LogP contribution in [0.4, 0.5) is 0 Å². The first-order valence-corrected chi connectivity index (χ1v) is 7.28. The fraction of sp³-hybridized carbons (Fsp3) is 1.00. The Morgan fingerprint density at radius 2 is 1.86 bits per heavy atom. The molecule has 0 rings (SSSR count). The van der Waals surface area contributed by atoms with Crippen molar-refractivity contribution in [2.75, 3.05) is 30.7 Å². The minimum absolute atomic E-state index is 0.867. The third-order valence-corrected chi connectivity index (χ3v) is 2.82. The van der Waals surface area contributed by atoms with Crippen LogP contribution in [0.5, 0.6) is 0 Å². The highest BCUT2D eigenvalue weighted by atomic mass is 127. The zero-order valence-corrected chi connectivity index (χ0v) is 11.5. The number of hydrogen-bond donors (Lipinski definition) is 1. The van der Waals surface area contributed by atoms with Gasteiger partial charge >= 0.3 is 0 Å². The van der Waals surface area contributed by atoms with Crippen LogP contribution in [0.3, 0.4) is 0 Å². The van der Waals surface area contributed by atoms with E-state index in [9.17, 15) is 0 Å². The van der Waals surface area contributed by atoms with Crippen molar-refractivity contribution >= 4 is 22.6 Å². The maximum atomic E-state index is 5.44. The Balaban J connectivity index is 2.78. The molecule has 0 atom stereocenters. The Kier molecular flexibility index (Phi) is 14.3. The van der Waals surface area contributed by atoms with Gasteiger partial charge < -0.3 is 10.1 Å². The van der Waals surface area contributed by atoms with E-state index in [1.54, 1.807) is 0 Å². The van der Waals surface area contributed by atoms with Crippen LogP contribution >= 0.6 is 22.6 Å². The summed E-state index contributed by atoms with van der Waals surface area (Å²) in [7, 11) is 0. The predicted molar refractivity (Wildman–Crippen MR) is 71.3 cm³/mol. The van der Waals surface area contributed by atoms with Crippen LogP contribution in [0.25, 0.3) is 0 Å². The molecule has 0 aliphatic carbocycles. The topological polar surface area (TPSA) is 21.3 Å². The Bertz CT molecular complexity index is 89.3. The van der Waals surface area contributed by atoms with E-state index in [4.69, 9.17) is 4.74 Å². The third kappa shape index (κ3) is 12.7. The molecule has 0 aromatic rings. The van der Waals surface area contributed by atoms with Gasteiger partial charge in [0.05, 0.1) is 6.61 Å². The van der Waals surface area contributed by atoms with Crippen molar-refractivity contribution in [1.29, 1.82) is 0 Å². The molecule has 0 radical (unpaired) electrons. The fourth-order valence-electron chi connectivity index (χ4n) is 1.14. The van der Waals surface area contributed by atoms with E-state index in [0.29, 0.717) is 0 Å². The molecule has 0 fully saturated rings. The van der Waals surface area contributed by atoms with Crippen molar-refractivity contribution in [3.63, 3.8) is 0 Å². The van der Waals surface area contributed by atoms with Crippen molar-refractivity contribution in [3.05, 3.63) is 0 Å². The van der Waals surface area contributed by atoms with Gasteiger partial charge in [-0.15, -0.1) is 0 Å². The van der Waals surface area contributed by atoms with Gasteiger partial charge in [0.1, 0.15) is 0 Å². The first kappa shape index (κ1) is 14.6. The molecule has 0 aliphatic heterocycles. The lowest BCUT2D eigenvalue weighted by Gasteiger charge is -2.05. The number of alkyl halides is 1. The van der Waals surface area contributed by atoms with Crippen molar-refractivity contribution in [2.45, 2.75) is 39.0 Å². The second kappa shape index (κ2) is 13.7. The van der Waals surface area contributed by atoms with Crippen LogP contribution < -0.4 is 5.32 Å². The summed E-state index contributed by atoms with van der Waals surface area (Å²) >= 11 is 2.43. The molecule has 0 aromatic carbocycles. The van der Waals surface area contributed by atoms with Crippen molar-refractivity contribution in [2.24, 2.45) is 0 Å². The molecule has 14 heavy (non-hydrogen) atoms. The molecular weight excluding hydrogens is 289 g/mol. The molecule has 3 heteroatoms. The Labute approximate surface area is 102 Å². The number of ether oxygens (including phenoxy) is 1. The summed E-state index contributed by atoms with van der Waals surface area (Å²) in [6.45, 7) is 6.13. The standard InChI is InChI=1S/C11H24INO/c1-2-3-10-14-11-9-13-8-6-4-5-7-12/h13H,2-11H2,1H3. The minimum atomic E-state index is 0.867.